The average Bonchev–Trinajstić information content (AvgIpc) is 2.62. The van der Waals surface area contributed by atoms with Gasteiger partial charge in [0.05, 0.1) is 5.56 Å². The van der Waals surface area contributed by atoms with Crippen molar-refractivity contribution in [3.63, 3.8) is 0 Å². The van der Waals surface area contributed by atoms with Gasteiger partial charge in [-0.1, -0.05) is 48.0 Å². The van der Waals surface area contributed by atoms with Gasteiger partial charge in [-0.25, -0.2) is 4.79 Å². The van der Waals surface area contributed by atoms with Gasteiger partial charge in [-0.2, -0.15) is 0 Å². The van der Waals surface area contributed by atoms with Crippen LogP contribution >= 0.6 is 15.9 Å². The summed E-state index contributed by atoms with van der Waals surface area (Å²) in [4.78, 5) is 38.9. The Morgan fingerprint density at radius 1 is 1.07 bits per heavy atom. The van der Waals surface area contributed by atoms with Crippen LogP contribution in [0.5, 0.6) is 0 Å². The fraction of sp³-hybridized carbons (Fsp3) is 0.381. The van der Waals surface area contributed by atoms with Gasteiger partial charge in [0.2, 0.25) is 0 Å². The zero-order chi connectivity index (χ0) is 20.4. The summed E-state index contributed by atoms with van der Waals surface area (Å²) < 4.78 is 3.39. The van der Waals surface area contributed by atoms with Crippen LogP contribution in [0.1, 0.15) is 43.7 Å². The number of nitrogens with one attached hydrogen (secondary N) is 1. The van der Waals surface area contributed by atoms with Gasteiger partial charge < -0.3 is 5.32 Å². The van der Waals surface area contributed by atoms with E-state index in [9.17, 15) is 14.4 Å². The highest BCUT2D eigenvalue weighted by molar-refractivity contribution is 9.10. The predicted octanol–water partition coefficient (Wildman–Crippen LogP) is 3.05. The minimum Gasteiger partial charge on any atom is -0.344 e. The lowest BCUT2D eigenvalue weighted by Gasteiger charge is -2.39. The zero-order valence-electron chi connectivity index (χ0n) is 16.3. The summed E-state index contributed by atoms with van der Waals surface area (Å²) in [5.41, 5.74) is 1.76. The Morgan fingerprint density at radius 3 is 2.43 bits per heavy atom. The van der Waals surface area contributed by atoms with Crippen molar-refractivity contribution in [3.8, 4) is 0 Å². The van der Waals surface area contributed by atoms with E-state index in [0.29, 0.717) is 29.8 Å². The highest BCUT2D eigenvalue weighted by atomic mass is 79.9. The highest BCUT2D eigenvalue weighted by Gasteiger charge is 2.43. The maximum absolute atomic E-state index is 13.2. The Morgan fingerprint density at radius 2 is 1.75 bits per heavy atom. The van der Waals surface area contributed by atoms with E-state index in [1.807, 2.05) is 24.3 Å². The van der Waals surface area contributed by atoms with E-state index in [1.165, 1.54) is 11.6 Å². The van der Waals surface area contributed by atoms with Crippen LogP contribution in [-0.2, 0) is 18.9 Å². The van der Waals surface area contributed by atoms with Crippen molar-refractivity contribution in [2.75, 3.05) is 5.32 Å². The molecule has 4 rings (SSSR count). The summed E-state index contributed by atoms with van der Waals surface area (Å²) in [5.74, 6) is -0.00455. The molecule has 146 valence electrons. The number of hydrogen-bond acceptors (Lipinski definition) is 4. The van der Waals surface area contributed by atoms with Gasteiger partial charge in [-0.3, -0.25) is 18.7 Å². The number of Topliss-reactive ketones (excluding diaryl/α,β-unsaturated/α-hetero) is 1. The number of rotatable bonds is 1. The maximum Gasteiger partial charge on any atom is 0.332 e. The third kappa shape index (κ3) is 2.71. The van der Waals surface area contributed by atoms with E-state index in [2.05, 4.69) is 35.1 Å². The number of allylic oxidation sites excluding steroid dienone is 2. The van der Waals surface area contributed by atoms with Crippen molar-refractivity contribution >= 4 is 27.5 Å². The van der Waals surface area contributed by atoms with Gasteiger partial charge in [-0.05, 0) is 23.5 Å². The predicted molar refractivity (Wildman–Crippen MR) is 112 cm³/mol. The Kier molecular flexibility index (Phi) is 4.26. The first kappa shape index (κ1) is 18.9. The first-order valence-electron chi connectivity index (χ1n) is 9.20. The Balaban J connectivity index is 2.11. The minimum absolute atomic E-state index is 0.0426. The second-order valence-corrected chi connectivity index (χ2v) is 9.24. The van der Waals surface area contributed by atoms with Crippen molar-refractivity contribution in [1.29, 1.82) is 0 Å². The van der Waals surface area contributed by atoms with Gasteiger partial charge in [0.15, 0.2) is 5.78 Å². The number of fused-ring (bicyclic) bond motifs is 1. The lowest BCUT2D eigenvalue weighted by atomic mass is 9.69. The van der Waals surface area contributed by atoms with Crippen LogP contribution in [0.4, 0.5) is 5.82 Å². The summed E-state index contributed by atoms with van der Waals surface area (Å²) in [7, 11) is 3.11. The summed E-state index contributed by atoms with van der Waals surface area (Å²) in [5, 5.41) is 3.27. The van der Waals surface area contributed by atoms with E-state index < -0.39 is 11.6 Å². The molecule has 1 atom stereocenters. The number of ketones is 1. The van der Waals surface area contributed by atoms with Gasteiger partial charge in [0, 0.05) is 42.2 Å². The molecule has 1 aromatic heterocycles. The van der Waals surface area contributed by atoms with Gasteiger partial charge >= 0.3 is 5.69 Å². The third-order valence-corrected chi connectivity index (χ3v) is 6.40. The SMILES string of the molecule is Cn1c2c(c(=O)n(C)c1=O)[C@H](c1ccccc1Br)C1=C(CC(C)(C)CC1=O)N2. The second-order valence-electron chi connectivity index (χ2n) is 8.38. The average molecular weight is 444 g/mol. The number of anilines is 1. The molecule has 28 heavy (non-hydrogen) atoms. The number of nitrogens with zero attached hydrogens (tertiary/aromatic N) is 2. The van der Waals surface area contributed by atoms with Crippen LogP contribution in [0.3, 0.4) is 0 Å². The first-order valence-corrected chi connectivity index (χ1v) is 9.99. The molecule has 0 bridgehead atoms. The summed E-state index contributed by atoms with van der Waals surface area (Å²) >= 11 is 3.59. The van der Waals surface area contributed by atoms with E-state index in [-0.39, 0.29) is 16.8 Å². The van der Waals surface area contributed by atoms with Crippen molar-refractivity contribution in [1.82, 2.24) is 9.13 Å². The van der Waals surface area contributed by atoms with Crippen molar-refractivity contribution in [3.05, 3.63) is 72.0 Å². The van der Waals surface area contributed by atoms with Crippen LogP contribution in [-0.4, -0.2) is 14.9 Å². The van der Waals surface area contributed by atoms with Crippen molar-refractivity contribution in [2.24, 2.45) is 19.5 Å². The summed E-state index contributed by atoms with van der Waals surface area (Å²) in [6.07, 6.45) is 1.10. The molecule has 1 N–H and O–H groups in total. The molecule has 0 saturated carbocycles. The normalized spacial score (nSPS) is 20.5. The number of hydrogen-bond donors (Lipinski definition) is 1. The molecule has 0 radical (unpaired) electrons. The molecule has 0 saturated heterocycles. The van der Waals surface area contributed by atoms with E-state index in [1.54, 1.807) is 7.05 Å². The second kappa shape index (κ2) is 6.30. The number of carbonyl (C=O) groups is 1. The molecular formula is C21H22BrN3O3. The molecule has 2 heterocycles. The molecule has 0 fully saturated rings. The molecule has 0 unspecified atom stereocenters. The van der Waals surface area contributed by atoms with Crippen LogP contribution in [0.15, 0.2) is 49.6 Å². The fourth-order valence-corrected chi connectivity index (χ4v) is 4.88. The minimum atomic E-state index is -0.518. The molecule has 1 aromatic carbocycles. The smallest absolute Gasteiger partial charge is 0.332 e. The first-order chi connectivity index (χ1) is 13.1. The fourth-order valence-electron chi connectivity index (χ4n) is 4.37. The number of benzene rings is 1. The lowest BCUT2D eigenvalue weighted by Crippen LogP contribution is -2.45. The largest absolute Gasteiger partial charge is 0.344 e. The summed E-state index contributed by atoms with van der Waals surface area (Å²) in [6.45, 7) is 4.12. The van der Waals surface area contributed by atoms with Crippen LogP contribution in [0.25, 0.3) is 0 Å². The van der Waals surface area contributed by atoms with Gasteiger partial charge in [0.1, 0.15) is 5.82 Å². The summed E-state index contributed by atoms with van der Waals surface area (Å²) in [6, 6.07) is 7.62. The Hall–Kier alpha value is -2.41. The molecule has 0 amide bonds. The van der Waals surface area contributed by atoms with Gasteiger partial charge in [-0.15, -0.1) is 0 Å². The standard InChI is InChI=1S/C21H22BrN3O3/c1-21(2)9-13-16(14(26)10-21)15(11-7-5-6-8-12(11)22)17-18(23-13)24(3)20(28)25(4)19(17)27/h5-8,15,23H,9-10H2,1-4H3/t15-/m1/s1. The third-order valence-electron chi connectivity index (χ3n) is 5.68. The van der Waals surface area contributed by atoms with Crippen LogP contribution < -0.4 is 16.6 Å². The number of halogens is 1. The van der Waals surface area contributed by atoms with Gasteiger partial charge in [0.25, 0.3) is 5.56 Å². The molecule has 2 aliphatic rings. The molecule has 1 aliphatic heterocycles. The van der Waals surface area contributed by atoms with E-state index >= 15 is 0 Å². The van der Waals surface area contributed by atoms with Crippen molar-refractivity contribution in [2.45, 2.75) is 32.6 Å². The Labute approximate surface area is 171 Å². The number of carbonyl (C=O) groups excluding carboxylic acids is 1. The van der Waals surface area contributed by atoms with Crippen LogP contribution in [0.2, 0.25) is 0 Å². The molecule has 7 heteroatoms. The molecule has 0 spiro atoms. The maximum atomic E-state index is 13.2. The molecular weight excluding hydrogens is 422 g/mol. The highest BCUT2D eigenvalue weighted by Crippen LogP contribution is 2.48. The van der Waals surface area contributed by atoms with Crippen molar-refractivity contribution < 1.29 is 4.79 Å². The zero-order valence-corrected chi connectivity index (χ0v) is 17.9. The van der Waals surface area contributed by atoms with Crippen LogP contribution in [0, 0.1) is 5.41 Å². The van der Waals surface area contributed by atoms with E-state index in [4.69, 9.17) is 0 Å². The lowest BCUT2D eigenvalue weighted by molar-refractivity contribution is -0.118. The monoisotopic (exact) mass is 443 g/mol. The number of aromatic nitrogens is 2. The topological polar surface area (TPSA) is 73.1 Å². The van der Waals surface area contributed by atoms with E-state index in [0.717, 1.165) is 20.3 Å². The molecule has 2 aromatic rings. The Bertz CT molecular complexity index is 1170. The quantitative estimate of drug-likeness (QED) is 0.734. The molecule has 6 nitrogen and oxygen atoms in total. The molecule has 1 aliphatic carbocycles.